The number of halogens is 3. The highest BCUT2D eigenvalue weighted by atomic mass is 35.5. The molecule has 2 aromatic carbocycles. The zero-order valence-corrected chi connectivity index (χ0v) is 17.9. The highest BCUT2D eigenvalue weighted by molar-refractivity contribution is 6.35. The van der Waals surface area contributed by atoms with Crippen LogP contribution in [-0.2, 0) is 22.4 Å². The zero-order chi connectivity index (χ0) is 20.9. The van der Waals surface area contributed by atoms with Gasteiger partial charge in [0.2, 0.25) is 0 Å². The number of benzene rings is 2. The quantitative estimate of drug-likeness (QED) is 0.429. The Kier molecular flexibility index (Phi) is 7.05. The van der Waals surface area contributed by atoms with Crippen LogP contribution < -0.4 is 0 Å². The van der Waals surface area contributed by atoms with Gasteiger partial charge in [0, 0.05) is 35.4 Å². The van der Waals surface area contributed by atoms with Crippen molar-refractivity contribution in [3.63, 3.8) is 0 Å². The van der Waals surface area contributed by atoms with Crippen molar-refractivity contribution in [1.29, 1.82) is 0 Å². The zero-order valence-electron chi connectivity index (χ0n) is 16.4. The Balaban J connectivity index is 1.50. The Morgan fingerprint density at radius 3 is 2.73 bits per heavy atom. The number of imidazole rings is 1. The lowest BCUT2D eigenvalue weighted by atomic mass is 10.0. The molecule has 1 aliphatic rings. The largest absolute Gasteiger partial charge is 0.348 e. The topological polar surface area (TPSA) is 36.3 Å². The number of rotatable bonds is 7. The van der Waals surface area contributed by atoms with Crippen LogP contribution in [-0.4, -0.2) is 21.9 Å². The highest BCUT2D eigenvalue weighted by Gasteiger charge is 2.27. The molecule has 1 saturated heterocycles. The van der Waals surface area contributed by atoms with E-state index in [2.05, 4.69) is 4.98 Å². The van der Waals surface area contributed by atoms with E-state index in [1.165, 1.54) is 12.1 Å². The normalized spacial score (nSPS) is 20.2. The van der Waals surface area contributed by atoms with Gasteiger partial charge in [-0.1, -0.05) is 41.4 Å². The minimum Gasteiger partial charge on any atom is -0.348 e. The van der Waals surface area contributed by atoms with Crippen molar-refractivity contribution in [3.05, 3.63) is 88.2 Å². The molecule has 7 heteroatoms. The molecule has 30 heavy (non-hydrogen) atoms. The lowest BCUT2D eigenvalue weighted by Gasteiger charge is -2.33. The van der Waals surface area contributed by atoms with Gasteiger partial charge in [0.15, 0.2) is 6.29 Å². The summed E-state index contributed by atoms with van der Waals surface area (Å²) in [5.74, 6) is -0.265. The van der Waals surface area contributed by atoms with E-state index in [1.807, 2.05) is 16.8 Å². The second-order valence-corrected chi connectivity index (χ2v) is 8.34. The Morgan fingerprint density at radius 1 is 1.17 bits per heavy atom. The molecule has 0 saturated carbocycles. The minimum atomic E-state index is -0.343. The summed E-state index contributed by atoms with van der Waals surface area (Å²) in [6.07, 6.45) is 8.21. The van der Waals surface area contributed by atoms with Crippen LogP contribution in [0.4, 0.5) is 4.39 Å². The summed E-state index contributed by atoms with van der Waals surface area (Å²) in [7, 11) is 0. The predicted molar refractivity (Wildman–Crippen MR) is 115 cm³/mol. The fraction of sp³-hybridized carbons (Fsp3) is 0.348. The Hall–Kier alpha value is -1.92. The maximum Gasteiger partial charge on any atom is 0.158 e. The molecule has 2 heterocycles. The summed E-state index contributed by atoms with van der Waals surface area (Å²) in [5.41, 5.74) is 1.80. The first-order chi connectivity index (χ1) is 14.6. The molecule has 0 bridgehead atoms. The molecule has 1 aliphatic heterocycles. The van der Waals surface area contributed by atoms with Crippen LogP contribution in [0, 0.1) is 5.82 Å². The summed E-state index contributed by atoms with van der Waals surface area (Å²) in [5, 5.41) is 1.11. The molecule has 0 spiro atoms. The smallest absolute Gasteiger partial charge is 0.158 e. The van der Waals surface area contributed by atoms with Gasteiger partial charge in [0.05, 0.1) is 18.5 Å². The third-order valence-electron chi connectivity index (χ3n) is 5.24. The van der Waals surface area contributed by atoms with E-state index in [9.17, 15) is 4.39 Å². The van der Waals surface area contributed by atoms with Crippen LogP contribution in [0.3, 0.4) is 0 Å². The second-order valence-electron chi connectivity index (χ2n) is 7.50. The fourth-order valence-corrected chi connectivity index (χ4v) is 4.27. The van der Waals surface area contributed by atoms with Crippen molar-refractivity contribution >= 4 is 23.2 Å². The predicted octanol–water partition coefficient (Wildman–Crippen LogP) is 6.22. The Bertz CT molecular complexity index is 950. The van der Waals surface area contributed by atoms with Crippen LogP contribution in [0.5, 0.6) is 0 Å². The van der Waals surface area contributed by atoms with Crippen LogP contribution in [0.2, 0.25) is 10.0 Å². The number of ether oxygens (including phenoxy) is 2. The molecular formula is C23H23Cl2FN2O2. The molecule has 3 aromatic rings. The lowest BCUT2D eigenvalue weighted by molar-refractivity contribution is -0.218. The fourth-order valence-electron chi connectivity index (χ4n) is 3.74. The van der Waals surface area contributed by atoms with E-state index in [-0.39, 0.29) is 24.3 Å². The lowest BCUT2D eigenvalue weighted by Crippen LogP contribution is -2.33. The average Bonchev–Trinajstić information content (AvgIpc) is 3.23. The van der Waals surface area contributed by atoms with Crippen LogP contribution >= 0.6 is 23.2 Å². The van der Waals surface area contributed by atoms with Crippen molar-refractivity contribution in [2.75, 3.05) is 0 Å². The van der Waals surface area contributed by atoms with Gasteiger partial charge in [-0.2, -0.15) is 0 Å². The van der Waals surface area contributed by atoms with E-state index >= 15 is 0 Å². The molecule has 0 aliphatic carbocycles. The van der Waals surface area contributed by atoms with E-state index in [1.54, 1.807) is 36.8 Å². The molecule has 4 rings (SSSR count). The Morgan fingerprint density at radius 2 is 2.00 bits per heavy atom. The average molecular weight is 449 g/mol. The number of nitrogens with zero attached hydrogens (tertiary/aromatic N) is 2. The van der Waals surface area contributed by atoms with Crippen molar-refractivity contribution in [3.8, 4) is 0 Å². The van der Waals surface area contributed by atoms with E-state index in [0.717, 1.165) is 36.9 Å². The molecule has 0 N–H and O–H groups in total. The molecule has 0 radical (unpaired) electrons. The summed E-state index contributed by atoms with van der Waals surface area (Å²) >= 11 is 12.6. The number of hydrogen-bond acceptors (Lipinski definition) is 3. The SMILES string of the molecule is Fc1ccc(CC(OC2CCCC(Cn3ccnc3)O2)c2ccc(Cl)cc2Cl)cc1. The summed E-state index contributed by atoms with van der Waals surface area (Å²) in [6, 6.07) is 11.8. The summed E-state index contributed by atoms with van der Waals surface area (Å²) in [6.45, 7) is 0.740. The standard InChI is InChI=1S/C23H23Cl2FN2O2/c24-17-6-9-20(21(25)13-17)22(12-16-4-7-18(26)8-5-16)30-23-3-1-2-19(29-23)14-28-11-10-27-15-28/h4-11,13,15,19,22-23H,1-3,12,14H2. The molecule has 158 valence electrons. The number of aromatic nitrogens is 2. The van der Waals surface area contributed by atoms with Crippen molar-refractivity contribution in [2.45, 2.75) is 50.7 Å². The van der Waals surface area contributed by atoms with Crippen molar-refractivity contribution < 1.29 is 13.9 Å². The van der Waals surface area contributed by atoms with Crippen LogP contribution in [0.1, 0.15) is 36.5 Å². The second kappa shape index (κ2) is 9.92. The van der Waals surface area contributed by atoms with Gasteiger partial charge in [-0.05, 0) is 54.7 Å². The van der Waals surface area contributed by atoms with Gasteiger partial charge in [-0.15, -0.1) is 0 Å². The molecule has 3 unspecified atom stereocenters. The highest BCUT2D eigenvalue weighted by Crippen LogP contribution is 2.34. The van der Waals surface area contributed by atoms with Gasteiger partial charge >= 0.3 is 0 Å². The van der Waals surface area contributed by atoms with Gasteiger partial charge in [-0.3, -0.25) is 0 Å². The monoisotopic (exact) mass is 448 g/mol. The van der Waals surface area contributed by atoms with Gasteiger partial charge in [0.1, 0.15) is 5.82 Å². The molecular weight excluding hydrogens is 426 g/mol. The molecule has 3 atom stereocenters. The maximum atomic E-state index is 13.3. The summed E-state index contributed by atoms with van der Waals surface area (Å²) in [4.78, 5) is 4.09. The number of hydrogen-bond donors (Lipinski definition) is 0. The van der Waals surface area contributed by atoms with E-state index < -0.39 is 0 Å². The van der Waals surface area contributed by atoms with Gasteiger partial charge in [-0.25, -0.2) is 9.37 Å². The van der Waals surface area contributed by atoms with Crippen molar-refractivity contribution in [1.82, 2.24) is 9.55 Å². The molecule has 1 aromatic heterocycles. The van der Waals surface area contributed by atoms with Crippen LogP contribution in [0.15, 0.2) is 61.2 Å². The molecule has 0 amide bonds. The molecule has 1 fully saturated rings. The van der Waals surface area contributed by atoms with E-state index in [0.29, 0.717) is 16.5 Å². The van der Waals surface area contributed by atoms with Gasteiger partial charge in [0.25, 0.3) is 0 Å². The Labute approximate surface area is 185 Å². The van der Waals surface area contributed by atoms with Gasteiger partial charge < -0.3 is 14.0 Å². The third-order valence-corrected chi connectivity index (χ3v) is 5.81. The minimum absolute atomic E-state index is 0.0603. The van der Waals surface area contributed by atoms with Crippen molar-refractivity contribution in [2.24, 2.45) is 0 Å². The first-order valence-corrected chi connectivity index (χ1v) is 10.8. The first-order valence-electron chi connectivity index (χ1n) is 10.0. The first kappa shape index (κ1) is 21.3. The molecule has 4 nitrogen and oxygen atoms in total. The summed E-state index contributed by atoms with van der Waals surface area (Å²) < 4.78 is 28.0. The van der Waals surface area contributed by atoms with Crippen LogP contribution in [0.25, 0.3) is 0 Å². The maximum absolute atomic E-state index is 13.3. The van der Waals surface area contributed by atoms with E-state index in [4.69, 9.17) is 32.7 Å². The third kappa shape index (κ3) is 5.61.